The molecule has 1 fully saturated rings. The van der Waals surface area contributed by atoms with Crippen LogP contribution < -0.4 is 5.32 Å². The van der Waals surface area contributed by atoms with Gasteiger partial charge in [0.05, 0.1) is 12.7 Å². The summed E-state index contributed by atoms with van der Waals surface area (Å²) in [5.74, 6) is -0.646. The van der Waals surface area contributed by atoms with E-state index in [-0.39, 0.29) is 12.5 Å². The third kappa shape index (κ3) is 2.08. The second-order valence-corrected chi connectivity index (χ2v) is 4.66. The molecule has 0 bridgehead atoms. The molecule has 1 amide bonds. The minimum atomic E-state index is -1.14. The van der Waals surface area contributed by atoms with E-state index < -0.39 is 30.3 Å². The number of rotatable bonds is 2. The number of ether oxygens (including phenoxy) is 1. The molecule has 2 rings (SSSR count). The lowest BCUT2D eigenvalue weighted by Crippen LogP contribution is -2.42. The Balaban J connectivity index is 2.22. The molecule has 1 saturated heterocycles. The van der Waals surface area contributed by atoms with Crippen molar-refractivity contribution in [1.29, 1.82) is 0 Å². The smallest absolute Gasteiger partial charge is 0.250 e. The lowest BCUT2D eigenvalue weighted by atomic mass is 9.89. The fraction of sp³-hybridized carbons (Fsp3) is 0.583. The lowest BCUT2D eigenvalue weighted by Gasteiger charge is -2.29. The van der Waals surface area contributed by atoms with Gasteiger partial charge in [0.2, 0.25) is 0 Å². The first-order valence-electron chi connectivity index (χ1n) is 5.76. The molecule has 0 aliphatic carbocycles. The second kappa shape index (κ2) is 4.81. The summed E-state index contributed by atoms with van der Waals surface area (Å²) in [6.07, 6.45) is -2.15. The van der Waals surface area contributed by atoms with Gasteiger partial charge in [0.15, 0.2) is 0 Å². The van der Waals surface area contributed by atoms with Gasteiger partial charge in [0, 0.05) is 17.2 Å². The molecule has 2 unspecified atom stereocenters. The van der Waals surface area contributed by atoms with E-state index in [1.807, 2.05) is 0 Å². The molecule has 18 heavy (non-hydrogen) atoms. The zero-order valence-corrected chi connectivity index (χ0v) is 10.0. The average molecular weight is 255 g/mol. The standard InChI is InChI=1S/C12H17NO5/c1-5-3-7(6(2)13-12(5)17)11-10(16)9(15)8(4-14)18-11/h3,7-11,14-16H,2,4H2,1H3,(H,13,17)/t7?,8-,9+,10?,11+/m1/s1. The summed E-state index contributed by atoms with van der Waals surface area (Å²) in [6.45, 7) is 5.00. The molecule has 0 aromatic heterocycles. The van der Waals surface area contributed by atoms with Crippen LogP contribution in [0.4, 0.5) is 0 Å². The first-order chi connectivity index (χ1) is 8.45. The third-order valence-corrected chi connectivity index (χ3v) is 3.40. The largest absolute Gasteiger partial charge is 0.394 e. The van der Waals surface area contributed by atoms with Gasteiger partial charge >= 0.3 is 0 Å². The summed E-state index contributed by atoms with van der Waals surface area (Å²) >= 11 is 0. The van der Waals surface area contributed by atoms with Crippen molar-refractivity contribution in [3.05, 3.63) is 23.9 Å². The van der Waals surface area contributed by atoms with Crippen LogP contribution in [0.25, 0.3) is 0 Å². The number of hydrogen-bond acceptors (Lipinski definition) is 5. The molecule has 0 aromatic carbocycles. The summed E-state index contributed by atoms with van der Waals surface area (Å²) in [4.78, 5) is 11.4. The van der Waals surface area contributed by atoms with Crippen molar-refractivity contribution in [2.75, 3.05) is 6.61 Å². The van der Waals surface area contributed by atoms with Crippen molar-refractivity contribution in [3.63, 3.8) is 0 Å². The van der Waals surface area contributed by atoms with E-state index in [2.05, 4.69) is 11.9 Å². The molecule has 6 heteroatoms. The molecular weight excluding hydrogens is 238 g/mol. The number of nitrogens with one attached hydrogen (secondary N) is 1. The highest BCUT2D eigenvalue weighted by Crippen LogP contribution is 2.32. The predicted molar refractivity (Wildman–Crippen MR) is 62.3 cm³/mol. The van der Waals surface area contributed by atoms with Crippen molar-refractivity contribution in [2.45, 2.75) is 31.3 Å². The van der Waals surface area contributed by atoms with E-state index in [0.717, 1.165) is 0 Å². The van der Waals surface area contributed by atoms with E-state index in [1.165, 1.54) is 0 Å². The minimum Gasteiger partial charge on any atom is -0.394 e. The van der Waals surface area contributed by atoms with E-state index >= 15 is 0 Å². The zero-order chi connectivity index (χ0) is 13.4. The van der Waals surface area contributed by atoms with Gasteiger partial charge in [-0.1, -0.05) is 12.7 Å². The Kier molecular flexibility index (Phi) is 3.54. The van der Waals surface area contributed by atoms with Crippen LogP contribution in [0.15, 0.2) is 23.9 Å². The molecular formula is C12H17NO5. The molecule has 0 saturated carbocycles. The van der Waals surface area contributed by atoms with Gasteiger partial charge in [-0.15, -0.1) is 0 Å². The predicted octanol–water partition coefficient (Wildman–Crippen LogP) is -1.33. The topological polar surface area (TPSA) is 99.0 Å². The van der Waals surface area contributed by atoms with Crippen LogP contribution in [0.1, 0.15) is 6.92 Å². The molecule has 2 heterocycles. The Bertz CT molecular complexity index is 405. The van der Waals surface area contributed by atoms with Crippen molar-refractivity contribution >= 4 is 5.91 Å². The number of carbonyl (C=O) groups is 1. The quantitative estimate of drug-likeness (QED) is 0.490. The Morgan fingerprint density at radius 3 is 2.67 bits per heavy atom. The fourth-order valence-electron chi connectivity index (χ4n) is 2.29. The number of carbonyl (C=O) groups excluding carboxylic acids is 1. The lowest BCUT2D eigenvalue weighted by molar-refractivity contribution is -0.117. The molecule has 4 N–H and O–H groups in total. The Hall–Kier alpha value is -1.21. The second-order valence-electron chi connectivity index (χ2n) is 4.66. The average Bonchev–Trinajstić information content (AvgIpc) is 2.61. The number of aliphatic hydroxyl groups excluding tert-OH is 3. The molecule has 2 aliphatic heterocycles. The van der Waals surface area contributed by atoms with E-state index in [4.69, 9.17) is 9.84 Å². The maximum absolute atomic E-state index is 11.4. The van der Waals surface area contributed by atoms with Crippen LogP contribution in [0.3, 0.4) is 0 Å². The van der Waals surface area contributed by atoms with Gasteiger partial charge in [-0.3, -0.25) is 4.79 Å². The van der Waals surface area contributed by atoms with Gasteiger partial charge in [0.25, 0.3) is 5.91 Å². The van der Waals surface area contributed by atoms with Crippen LogP contribution in [-0.2, 0) is 9.53 Å². The zero-order valence-electron chi connectivity index (χ0n) is 10.0. The first-order valence-corrected chi connectivity index (χ1v) is 5.76. The van der Waals surface area contributed by atoms with Gasteiger partial charge < -0.3 is 25.4 Å². The van der Waals surface area contributed by atoms with Crippen molar-refractivity contribution in [3.8, 4) is 0 Å². The van der Waals surface area contributed by atoms with Crippen LogP contribution in [0, 0.1) is 5.92 Å². The molecule has 5 atom stereocenters. The summed E-state index contributed by atoms with van der Waals surface area (Å²) in [5, 5.41) is 31.2. The molecule has 0 aromatic rings. The minimum absolute atomic E-state index is 0.233. The molecule has 100 valence electrons. The summed E-state index contributed by atoms with van der Waals surface area (Å²) in [7, 11) is 0. The maximum Gasteiger partial charge on any atom is 0.250 e. The van der Waals surface area contributed by atoms with Crippen LogP contribution >= 0.6 is 0 Å². The Morgan fingerprint density at radius 2 is 2.11 bits per heavy atom. The summed E-state index contributed by atoms with van der Waals surface area (Å²) in [5.41, 5.74) is 0.922. The van der Waals surface area contributed by atoms with Crippen molar-refractivity contribution in [1.82, 2.24) is 5.32 Å². The normalized spacial score (nSPS) is 40.7. The maximum atomic E-state index is 11.4. The highest BCUT2D eigenvalue weighted by molar-refractivity contribution is 5.95. The van der Waals surface area contributed by atoms with Gasteiger partial charge in [-0.2, -0.15) is 0 Å². The molecule has 2 aliphatic rings. The van der Waals surface area contributed by atoms with E-state index in [1.54, 1.807) is 13.0 Å². The van der Waals surface area contributed by atoms with Gasteiger partial charge in [-0.25, -0.2) is 0 Å². The van der Waals surface area contributed by atoms with Crippen molar-refractivity contribution in [2.24, 2.45) is 5.92 Å². The molecule has 6 nitrogen and oxygen atoms in total. The van der Waals surface area contributed by atoms with Gasteiger partial charge in [-0.05, 0) is 6.92 Å². The SMILES string of the molecule is C=C1NC(=O)C(C)=CC1[C@@H]1O[C@H](CO)[C@H](O)C1O. The number of aliphatic hydroxyl groups is 3. The van der Waals surface area contributed by atoms with Crippen LogP contribution in [0.5, 0.6) is 0 Å². The van der Waals surface area contributed by atoms with Crippen LogP contribution in [-0.4, -0.2) is 52.2 Å². The third-order valence-electron chi connectivity index (χ3n) is 3.40. The fourth-order valence-corrected chi connectivity index (χ4v) is 2.29. The van der Waals surface area contributed by atoms with E-state index in [9.17, 15) is 15.0 Å². The monoisotopic (exact) mass is 255 g/mol. The summed E-state index contributed by atoms with van der Waals surface area (Å²) in [6, 6.07) is 0. The van der Waals surface area contributed by atoms with Gasteiger partial charge in [0.1, 0.15) is 18.3 Å². The highest BCUT2D eigenvalue weighted by atomic mass is 16.6. The summed E-state index contributed by atoms with van der Waals surface area (Å²) < 4.78 is 5.42. The molecule has 0 radical (unpaired) electrons. The first kappa shape index (κ1) is 13.2. The highest BCUT2D eigenvalue weighted by Gasteiger charge is 2.46. The molecule has 0 spiro atoms. The van der Waals surface area contributed by atoms with E-state index in [0.29, 0.717) is 11.3 Å². The number of amides is 1. The van der Waals surface area contributed by atoms with Crippen LogP contribution in [0.2, 0.25) is 0 Å². The van der Waals surface area contributed by atoms with Crippen molar-refractivity contribution < 1.29 is 24.9 Å². The Morgan fingerprint density at radius 1 is 1.44 bits per heavy atom. The number of hydrogen-bond donors (Lipinski definition) is 4. The Labute approximate surface area is 105 Å².